The number of aryl methyl sites for hydroxylation is 3. The zero-order valence-electron chi connectivity index (χ0n) is 15.0. The number of hydrogen-bond donors (Lipinski definition) is 2. The number of hydrogen-bond acceptors (Lipinski definition) is 2. The Bertz CT molecular complexity index is 931. The molecular formula is C20H21ClN4S. The lowest BCUT2D eigenvalue weighted by atomic mass is 10.1. The molecule has 0 unspecified atom stereocenters. The molecule has 134 valence electrons. The van der Waals surface area contributed by atoms with E-state index in [9.17, 15) is 0 Å². The fourth-order valence-corrected chi connectivity index (χ4v) is 3.06. The van der Waals surface area contributed by atoms with Gasteiger partial charge < -0.3 is 10.6 Å². The Kier molecular flexibility index (Phi) is 5.59. The zero-order chi connectivity index (χ0) is 18.7. The smallest absolute Gasteiger partial charge is 0.176 e. The van der Waals surface area contributed by atoms with Crippen LogP contribution >= 0.6 is 23.8 Å². The normalized spacial score (nSPS) is 10.6. The van der Waals surface area contributed by atoms with Crippen LogP contribution in [0, 0.1) is 20.8 Å². The molecule has 0 aliphatic carbocycles. The van der Waals surface area contributed by atoms with Crippen molar-refractivity contribution in [2.75, 3.05) is 10.6 Å². The average molecular weight is 385 g/mol. The molecule has 1 aromatic heterocycles. The largest absolute Gasteiger partial charge is 0.332 e. The number of anilines is 2. The third kappa shape index (κ3) is 4.62. The van der Waals surface area contributed by atoms with Crippen molar-refractivity contribution in [1.82, 2.24) is 9.78 Å². The van der Waals surface area contributed by atoms with Crippen molar-refractivity contribution in [2.45, 2.75) is 27.3 Å². The molecule has 4 nitrogen and oxygen atoms in total. The SMILES string of the molecule is Cc1ccc(NC(=S)Nc2cc(C)n(Cc3ccc(Cl)cc3)n2)c(C)c1. The summed E-state index contributed by atoms with van der Waals surface area (Å²) >= 11 is 11.4. The Morgan fingerprint density at radius 1 is 1.04 bits per heavy atom. The van der Waals surface area contributed by atoms with Crippen LogP contribution in [0.5, 0.6) is 0 Å². The van der Waals surface area contributed by atoms with Crippen molar-refractivity contribution in [1.29, 1.82) is 0 Å². The fraction of sp³-hybridized carbons (Fsp3) is 0.200. The Labute approximate surface area is 164 Å². The quantitative estimate of drug-likeness (QED) is 0.597. The minimum absolute atomic E-state index is 0.521. The third-order valence-electron chi connectivity index (χ3n) is 4.10. The summed E-state index contributed by atoms with van der Waals surface area (Å²) in [4.78, 5) is 0. The molecule has 0 saturated carbocycles. The first kappa shape index (κ1) is 18.4. The van der Waals surface area contributed by atoms with Gasteiger partial charge in [0, 0.05) is 22.5 Å². The predicted octanol–water partition coefficient (Wildman–Crippen LogP) is 5.32. The van der Waals surface area contributed by atoms with Crippen LogP contribution in [0.25, 0.3) is 0 Å². The van der Waals surface area contributed by atoms with Gasteiger partial charge in [-0.1, -0.05) is 41.4 Å². The second-order valence-electron chi connectivity index (χ2n) is 6.35. The zero-order valence-corrected chi connectivity index (χ0v) is 16.6. The molecule has 0 saturated heterocycles. The van der Waals surface area contributed by atoms with Gasteiger partial charge in [-0.2, -0.15) is 5.10 Å². The van der Waals surface area contributed by atoms with Crippen molar-refractivity contribution < 1.29 is 0 Å². The van der Waals surface area contributed by atoms with Crippen LogP contribution in [0.2, 0.25) is 5.02 Å². The lowest BCUT2D eigenvalue weighted by Gasteiger charge is -2.11. The number of nitrogens with one attached hydrogen (secondary N) is 2. The van der Waals surface area contributed by atoms with Crippen LogP contribution in [0.15, 0.2) is 48.5 Å². The third-order valence-corrected chi connectivity index (χ3v) is 4.55. The summed E-state index contributed by atoms with van der Waals surface area (Å²) in [5, 5.41) is 12.2. The first-order chi connectivity index (χ1) is 12.4. The van der Waals surface area contributed by atoms with Gasteiger partial charge >= 0.3 is 0 Å². The van der Waals surface area contributed by atoms with E-state index in [0.717, 1.165) is 33.3 Å². The van der Waals surface area contributed by atoms with Gasteiger partial charge in [0.05, 0.1) is 6.54 Å². The van der Waals surface area contributed by atoms with Crippen LogP contribution in [-0.4, -0.2) is 14.9 Å². The molecule has 0 aliphatic rings. The fourth-order valence-electron chi connectivity index (χ4n) is 2.72. The summed E-state index contributed by atoms with van der Waals surface area (Å²) in [7, 11) is 0. The number of thiocarbonyl (C=S) groups is 1. The van der Waals surface area contributed by atoms with Crippen molar-refractivity contribution in [3.63, 3.8) is 0 Å². The van der Waals surface area contributed by atoms with Crippen molar-refractivity contribution >= 4 is 40.4 Å². The second kappa shape index (κ2) is 7.89. The van der Waals surface area contributed by atoms with Gasteiger partial charge in [-0.15, -0.1) is 0 Å². The Morgan fingerprint density at radius 2 is 1.77 bits per heavy atom. The monoisotopic (exact) mass is 384 g/mol. The molecular weight excluding hydrogens is 364 g/mol. The molecule has 0 spiro atoms. The van der Waals surface area contributed by atoms with E-state index >= 15 is 0 Å². The Morgan fingerprint density at radius 3 is 2.46 bits per heavy atom. The van der Waals surface area contributed by atoms with E-state index in [0.29, 0.717) is 11.7 Å². The van der Waals surface area contributed by atoms with E-state index in [1.165, 1.54) is 5.56 Å². The van der Waals surface area contributed by atoms with E-state index in [1.54, 1.807) is 0 Å². The van der Waals surface area contributed by atoms with Crippen LogP contribution in [0.1, 0.15) is 22.4 Å². The van der Waals surface area contributed by atoms with Crippen molar-refractivity contribution in [3.8, 4) is 0 Å². The van der Waals surface area contributed by atoms with Gasteiger partial charge in [-0.05, 0) is 62.3 Å². The average Bonchev–Trinajstić information content (AvgIpc) is 2.91. The molecule has 0 aliphatic heterocycles. The maximum absolute atomic E-state index is 5.94. The van der Waals surface area contributed by atoms with Crippen molar-refractivity contribution in [3.05, 3.63) is 75.9 Å². The minimum Gasteiger partial charge on any atom is -0.332 e. The van der Waals surface area contributed by atoms with Gasteiger partial charge in [-0.25, -0.2) is 0 Å². The second-order valence-corrected chi connectivity index (χ2v) is 7.20. The van der Waals surface area contributed by atoms with E-state index in [1.807, 2.05) is 48.0 Å². The van der Waals surface area contributed by atoms with E-state index < -0.39 is 0 Å². The number of aromatic nitrogens is 2. The van der Waals surface area contributed by atoms with E-state index in [2.05, 4.69) is 41.7 Å². The molecule has 3 aromatic rings. The Balaban J connectivity index is 1.66. The molecule has 0 amide bonds. The minimum atomic E-state index is 0.521. The standard InChI is InChI=1S/C20H21ClN4S/c1-13-4-9-18(14(2)10-13)22-20(26)23-19-11-15(3)25(24-19)12-16-5-7-17(21)8-6-16/h4-11H,12H2,1-3H3,(H2,22,23,24,26). The number of benzene rings is 2. The highest BCUT2D eigenvalue weighted by Crippen LogP contribution is 2.17. The summed E-state index contributed by atoms with van der Waals surface area (Å²) in [6.07, 6.45) is 0. The molecule has 3 rings (SSSR count). The van der Waals surface area contributed by atoms with Gasteiger partial charge in [0.25, 0.3) is 0 Å². The summed E-state index contributed by atoms with van der Waals surface area (Å²) in [6.45, 7) is 6.84. The van der Waals surface area contributed by atoms with Gasteiger partial charge in [0.1, 0.15) is 0 Å². The summed E-state index contributed by atoms with van der Waals surface area (Å²) in [5.74, 6) is 0.721. The molecule has 0 bridgehead atoms. The first-order valence-corrected chi connectivity index (χ1v) is 9.13. The highest BCUT2D eigenvalue weighted by atomic mass is 35.5. The van der Waals surface area contributed by atoms with E-state index in [4.69, 9.17) is 23.8 Å². The lowest BCUT2D eigenvalue weighted by Crippen LogP contribution is -2.20. The molecule has 0 fully saturated rings. The molecule has 0 atom stereocenters. The van der Waals surface area contributed by atoms with Gasteiger partial charge in [-0.3, -0.25) is 4.68 Å². The molecule has 2 aromatic carbocycles. The summed E-state index contributed by atoms with van der Waals surface area (Å²) < 4.78 is 1.94. The van der Waals surface area contributed by atoms with Gasteiger partial charge in [0.2, 0.25) is 0 Å². The van der Waals surface area contributed by atoms with Gasteiger partial charge in [0.15, 0.2) is 10.9 Å². The molecule has 2 N–H and O–H groups in total. The number of rotatable bonds is 4. The van der Waals surface area contributed by atoms with Crippen molar-refractivity contribution in [2.24, 2.45) is 0 Å². The molecule has 0 radical (unpaired) electrons. The highest BCUT2D eigenvalue weighted by molar-refractivity contribution is 7.80. The van der Waals surface area contributed by atoms with Crippen LogP contribution in [0.3, 0.4) is 0 Å². The first-order valence-electron chi connectivity index (χ1n) is 8.35. The number of nitrogens with zero attached hydrogens (tertiary/aromatic N) is 2. The van der Waals surface area contributed by atoms with Crippen LogP contribution < -0.4 is 10.6 Å². The molecule has 1 heterocycles. The summed E-state index contributed by atoms with van der Waals surface area (Å²) in [5.41, 5.74) is 5.56. The summed E-state index contributed by atoms with van der Waals surface area (Å²) in [6, 6.07) is 16.0. The van der Waals surface area contributed by atoms with Crippen LogP contribution in [-0.2, 0) is 6.54 Å². The van der Waals surface area contributed by atoms with Crippen LogP contribution in [0.4, 0.5) is 11.5 Å². The maximum atomic E-state index is 5.94. The predicted molar refractivity (Wildman–Crippen MR) is 113 cm³/mol. The molecule has 6 heteroatoms. The molecule has 26 heavy (non-hydrogen) atoms. The topological polar surface area (TPSA) is 41.9 Å². The Hall–Kier alpha value is -2.37. The van der Waals surface area contributed by atoms with E-state index in [-0.39, 0.29) is 0 Å². The lowest BCUT2D eigenvalue weighted by molar-refractivity contribution is 0.668. The highest BCUT2D eigenvalue weighted by Gasteiger charge is 2.08. The maximum Gasteiger partial charge on any atom is 0.176 e. The number of halogens is 1.